The Hall–Kier alpha value is -3.43. The maximum Gasteiger partial charge on any atom is 0.410 e. The van der Waals surface area contributed by atoms with E-state index in [0.29, 0.717) is 45.2 Å². The predicted octanol–water partition coefficient (Wildman–Crippen LogP) is 3.37. The summed E-state index contributed by atoms with van der Waals surface area (Å²) < 4.78 is 5.50. The van der Waals surface area contributed by atoms with Crippen molar-refractivity contribution in [3.05, 3.63) is 35.9 Å². The van der Waals surface area contributed by atoms with Crippen molar-refractivity contribution in [1.29, 1.82) is 0 Å². The van der Waals surface area contributed by atoms with Crippen LogP contribution >= 0.6 is 0 Å². The predicted molar refractivity (Wildman–Crippen MR) is 157 cm³/mol. The highest BCUT2D eigenvalue weighted by Crippen LogP contribution is 2.28. The van der Waals surface area contributed by atoms with Crippen LogP contribution in [0, 0.1) is 5.92 Å². The fourth-order valence-corrected chi connectivity index (χ4v) is 6.30. The van der Waals surface area contributed by atoms with Crippen LogP contribution in [0.2, 0.25) is 0 Å². The minimum absolute atomic E-state index is 0.0434. The Morgan fingerprint density at radius 3 is 2.12 bits per heavy atom. The number of likely N-dealkylation sites (tertiary alicyclic amines) is 2. The number of ether oxygens (including phenoxy) is 1. The molecular weight excluding hydrogens is 536 g/mol. The number of amides is 4. The summed E-state index contributed by atoms with van der Waals surface area (Å²) in [6.45, 7) is 7.77. The zero-order valence-electron chi connectivity index (χ0n) is 25.4. The van der Waals surface area contributed by atoms with Gasteiger partial charge in [0.05, 0.1) is 6.04 Å². The maximum absolute atomic E-state index is 13.6. The van der Waals surface area contributed by atoms with E-state index in [9.17, 15) is 24.0 Å². The number of hydrogen-bond donors (Lipinski definition) is 2. The summed E-state index contributed by atoms with van der Waals surface area (Å²) in [7, 11) is 0. The van der Waals surface area contributed by atoms with E-state index in [1.807, 2.05) is 30.3 Å². The molecule has 1 aromatic carbocycles. The Morgan fingerprint density at radius 2 is 1.48 bits per heavy atom. The Kier molecular flexibility index (Phi) is 10.3. The van der Waals surface area contributed by atoms with Gasteiger partial charge in [-0.05, 0) is 78.2 Å². The number of ketones is 1. The van der Waals surface area contributed by atoms with E-state index in [-0.39, 0.29) is 17.6 Å². The van der Waals surface area contributed by atoms with Crippen LogP contribution in [0.1, 0.15) is 84.6 Å². The molecule has 2 saturated heterocycles. The topological polar surface area (TPSA) is 125 Å². The van der Waals surface area contributed by atoms with E-state index in [2.05, 4.69) is 10.6 Å². The quantitative estimate of drug-likeness (QED) is 0.460. The maximum atomic E-state index is 13.6. The lowest BCUT2D eigenvalue weighted by atomic mass is 9.92. The van der Waals surface area contributed by atoms with E-state index in [4.69, 9.17) is 4.74 Å². The zero-order valence-corrected chi connectivity index (χ0v) is 25.4. The van der Waals surface area contributed by atoms with Gasteiger partial charge in [-0.3, -0.25) is 24.1 Å². The second-order valence-electron chi connectivity index (χ2n) is 12.9. The highest BCUT2D eigenvalue weighted by Gasteiger charge is 2.43. The van der Waals surface area contributed by atoms with Gasteiger partial charge in [0.2, 0.25) is 17.7 Å². The molecule has 2 N–H and O–H groups in total. The molecule has 230 valence electrons. The Bertz CT molecular complexity index is 1140. The average molecular weight is 583 g/mol. The third kappa shape index (κ3) is 7.89. The number of nitrogens with zero attached hydrogens (tertiary/aromatic N) is 2. The number of hydrogen-bond acceptors (Lipinski definition) is 6. The van der Waals surface area contributed by atoms with Crippen molar-refractivity contribution in [2.45, 2.75) is 115 Å². The fourth-order valence-electron chi connectivity index (χ4n) is 6.30. The van der Waals surface area contributed by atoms with Crippen molar-refractivity contribution in [3.8, 4) is 0 Å². The number of Topliss-reactive ketones (excluding diaryl/α,β-unsaturated/α-hetero) is 1. The second kappa shape index (κ2) is 13.7. The summed E-state index contributed by atoms with van der Waals surface area (Å²) in [5, 5.41) is 5.69. The van der Waals surface area contributed by atoms with Gasteiger partial charge in [-0.15, -0.1) is 0 Å². The molecule has 0 bridgehead atoms. The van der Waals surface area contributed by atoms with Crippen LogP contribution in [0.4, 0.5) is 4.79 Å². The first-order chi connectivity index (χ1) is 19.9. The molecule has 1 aromatic rings. The molecule has 0 aromatic heterocycles. The molecule has 3 fully saturated rings. The Balaban J connectivity index is 1.37. The summed E-state index contributed by atoms with van der Waals surface area (Å²) >= 11 is 0. The minimum atomic E-state index is -0.894. The molecule has 3 aliphatic rings. The summed E-state index contributed by atoms with van der Waals surface area (Å²) in [4.78, 5) is 69.3. The van der Waals surface area contributed by atoms with Crippen molar-refractivity contribution in [3.63, 3.8) is 0 Å². The summed E-state index contributed by atoms with van der Waals surface area (Å²) in [5.74, 6) is -1.12. The average Bonchev–Trinajstić information content (AvgIpc) is 3.73. The lowest BCUT2D eigenvalue weighted by Crippen LogP contribution is -2.56. The monoisotopic (exact) mass is 582 g/mol. The van der Waals surface area contributed by atoms with Gasteiger partial charge in [0.25, 0.3) is 0 Å². The van der Waals surface area contributed by atoms with Gasteiger partial charge in [0, 0.05) is 19.0 Å². The van der Waals surface area contributed by atoms with Gasteiger partial charge in [-0.2, -0.15) is 0 Å². The highest BCUT2D eigenvalue weighted by molar-refractivity contribution is 5.96. The van der Waals surface area contributed by atoms with Crippen molar-refractivity contribution in [2.75, 3.05) is 13.1 Å². The van der Waals surface area contributed by atoms with Gasteiger partial charge >= 0.3 is 6.09 Å². The number of rotatable bonds is 9. The van der Waals surface area contributed by atoms with Crippen LogP contribution in [0.25, 0.3) is 0 Å². The molecule has 42 heavy (non-hydrogen) atoms. The van der Waals surface area contributed by atoms with Crippen molar-refractivity contribution < 1.29 is 28.7 Å². The molecule has 0 radical (unpaired) electrons. The first-order valence-electron chi connectivity index (χ1n) is 15.4. The third-order valence-corrected chi connectivity index (χ3v) is 8.46. The van der Waals surface area contributed by atoms with E-state index >= 15 is 0 Å². The Labute approximate surface area is 248 Å². The van der Waals surface area contributed by atoms with Gasteiger partial charge in [0.15, 0.2) is 5.78 Å². The van der Waals surface area contributed by atoms with Gasteiger partial charge < -0.3 is 20.3 Å². The summed E-state index contributed by atoms with van der Waals surface area (Å²) in [6, 6.07) is 6.63. The summed E-state index contributed by atoms with van der Waals surface area (Å²) in [5.41, 5.74) is 0.278. The van der Waals surface area contributed by atoms with Gasteiger partial charge in [-0.1, -0.05) is 43.2 Å². The fraction of sp³-hybridized carbons (Fsp3) is 0.656. The first-order valence-corrected chi connectivity index (χ1v) is 15.4. The highest BCUT2D eigenvalue weighted by atomic mass is 16.6. The van der Waals surface area contributed by atoms with Gasteiger partial charge in [0.1, 0.15) is 23.7 Å². The van der Waals surface area contributed by atoms with E-state index < -0.39 is 47.7 Å². The van der Waals surface area contributed by atoms with E-state index in [1.165, 1.54) is 9.80 Å². The second-order valence-corrected chi connectivity index (χ2v) is 12.9. The van der Waals surface area contributed by atoms with E-state index in [0.717, 1.165) is 31.2 Å². The van der Waals surface area contributed by atoms with E-state index in [1.54, 1.807) is 27.7 Å². The number of carbonyl (C=O) groups excluding carboxylic acids is 5. The summed E-state index contributed by atoms with van der Waals surface area (Å²) in [6.07, 6.45) is 5.89. The minimum Gasteiger partial charge on any atom is -0.444 e. The Morgan fingerprint density at radius 1 is 0.857 bits per heavy atom. The molecule has 1 aliphatic carbocycles. The first kappa shape index (κ1) is 31.5. The molecule has 0 spiro atoms. The molecule has 2 aliphatic heterocycles. The third-order valence-electron chi connectivity index (χ3n) is 8.46. The lowest BCUT2D eigenvalue weighted by molar-refractivity contribution is -0.142. The van der Waals surface area contributed by atoms with Crippen LogP contribution in [0.5, 0.6) is 0 Å². The van der Waals surface area contributed by atoms with Crippen molar-refractivity contribution >= 4 is 29.6 Å². The lowest BCUT2D eigenvalue weighted by Gasteiger charge is -2.32. The molecule has 2 heterocycles. The van der Waals surface area contributed by atoms with Crippen LogP contribution in [0.3, 0.4) is 0 Å². The van der Waals surface area contributed by atoms with Crippen LogP contribution in [0.15, 0.2) is 30.3 Å². The van der Waals surface area contributed by atoms with Crippen molar-refractivity contribution in [1.82, 2.24) is 20.4 Å². The molecule has 1 saturated carbocycles. The molecule has 4 unspecified atom stereocenters. The number of benzene rings is 1. The largest absolute Gasteiger partial charge is 0.444 e. The molecule has 4 amide bonds. The smallest absolute Gasteiger partial charge is 0.410 e. The zero-order chi connectivity index (χ0) is 30.4. The van der Waals surface area contributed by atoms with Crippen LogP contribution in [-0.2, 0) is 30.3 Å². The van der Waals surface area contributed by atoms with Crippen molar-refractivity contribution in [2.24, 2.45) is 5.92 Å². The van der Waals surface area contributed by atoms with Crippen LogP contribution in [-0.4, -0.2) is 82.3 Å². The molecule has 10 heteroatoms. The standard InChI is InChI=1S/C32H46N4O6/c1-21(28(38)34-24(20-22-12-6-5-7-13-22)27(37)23-14-8-9-15-23)33-29(39)25-16-10-18-35(25)30(40)26-17-11-19-36(26)31(41)42-32(2,3)4/h5-7,12-13,21,23-26H,8-11,14-20H2,1-4H3,(H,33,39)(H,34,38). The number of nitrogens with one attached hydrogen (secondary N) is 2. The normalized spacial score (nSPS) is 22.5. The van der Waals surface area contributed by atoms with Gasteiger partial charge in [-0.25, -0.2) is 4.79 Å². The van der Waals surface area contributed by atoms with Crippen LogP contribution < -0.4 is 10.6 Å². The number of carbonyl (C=O) groups is 5. The molecule has 10 nitrogen and oxygen atoms in total. The molecular formula is C32H46N4O6. The SMILES string of the molecule is CC(NC(=O)C1CCCN1C(=O)C1CCCN1C(=O)OC(C)(C)C)C(=O)NC(Cc1ccccc1)C(=O)C1CCCC1. The molecule has 4 rings (SSSR count). The molecule has 4 atom stereocenters.